The number of esters is 1. The maximum Gasteiger partial charge on any atom is 0.344 e. The van der Waals surface area contributed by atoms with Gasteiger partial charge in [-0.15, -0.1) is 0 Å². The lowest BCUT2D eigenvalue weighted by Gasteiger charge is -2.14. The van der Waals surface area contributed by atoms with E-state index in [0.29, 0.717) is 17.0 Å². The summed E-state index contributed by atoms with van der Waals surface area (Å²) >= 11 is 0. The van der Waals surface area contributed by atoms with Crippen molar-refractivity contribution in [3.63, 3.8) is 0 Å². The zero-order valence-electron chi connectivity index (χ0n) is 15.9. The third-order valence-corrected chi connectivity index (χ3v) is 3.91. The number of nitrogens with one attached hydrogen (secondary N) is 1. The van der Waals surface area contributed by atoms with Gasteiger partial charge < -0.3 is 14.8 Å². The SMILES string of the molecule is CC(=O)c1ccc(NC(=O)[C@H](C)OC(=O)COc2ccc(C)cc2C)cc1. The average molecular weight is 369 g/mol. The maximum atomic E-state index is 12.1. The third kappa shape index (κ3) is 5.95. The van der Waals surface area contributed by atoms with Crippen LogP contribution in [-0.4, -0.2) is 30.4 Å². The molecule has 0 spiro atoms. The summed E-state index contributed by atoms with van der Waals surface area (Å²) < 4.78 is 10.6. The Morgan fingerprint density at radius 1 is 1.04 bits per heavy atom. The molecule has 0 fully saturated rings. The van der Waals surface area contributed by atoms with Crippen LogP contribution in [0.1, 0.15) is 35.3 Å². The Bertz CT molecular complexity index is 842. The number of benzene rings is 2. The number of ketones is 1. The molecule has 0 aliphatic carbocycles. The maximum absolute atomic E-state index is 12.1. The minimum atomic E-state index is -0.979. The molecule has 2 aromatic rings. The average Bonchev–Trinajstić information content (AvgIpc) is 2.61. The molecule has 0 unspecified atom stereocenters. The molecule has 0 radical (unpaired) electrons. The number of aryl methyl sites for hydroxylation is 2. The van der Waals surface area contributed by atoms with Crippen LogP contribution in [0.5, 0.6) is 5.75 Å². The van der Waals surface area contributed by atoms with Gasteiger partial charge in [-0.3, -0.25) is 9.59 Å². The number of anilines is 1. The summed E-state index contributed by atoms with van der Waals surface area (Å²) in [6.07, 6.45) is -0.979. The lowest BCUT2D eigenvalue weighted by Crippen LogP contribution is -2.31. The minimum absolute atomic E-state index is 0.0565. The molecule has 0 saturated heterocycles. The second-order valence-electron chi connectivity index (χ2n) is 6.31. The summed E-state index contributed by atoms with van der Waals surface area (Å²) in [5, 5.41) is 2.63. The summed E-state index contributed by atoms with van der Waals surface area (Å²) in [7, 11) is 0. The van der Waals surface area contributed by atoms with Gasteiger partial charge >= 0.3 is 5.97 Å². The number of hydrogen-bond donors (Lipinski definition) is 1. The first kappa shape index (κ1) is 20.2. The molecule has 6 nitrogen and oxygen atoms in total. The monoisotopic (exact) mass is 369 g/mol. The number of Topliss-reactive ketones (excluding diaryl/α,β-unsaturated/α-hetero) is 1. The fourth-order valence-corrected chi connectivity index (χ4v) is 2.41. The Kier molecular flexibility index (Phi) is 6.71. The topological polar surface area (TPSA) is 81.7 Å². The Morgan fingerprint density at radius 2 is 1.70 bits per heavy atom. The van der Waals surface area contributed by atoms with Crippen molar-refractivity contribution < 1.29 is 23.9 Å². The highest BCUT2D eigenvalue weighted by Crippen LogP contribution is 2.18. The Hall–Kier alpha value is -3.15. The zero-order chi connectivity index (χ0) is 20.0. The van der Waals surface area contributed by atoms with Crippen molar-refractivity contribution in [3.8, 4) is 5.75 Å². The highest BCUT2D eigenvalue weighted by atomic mass is 16.6. The van der Waals surface area contributed by atoms with Crippen molar-refractivity contribution in [2.24, 2.45) is 0 Å². The van der Waals surface area contributed by atoms with Crippen LogP contribution in [0.3, 0.4) is 0 Å². The van der Waals surface area contributed by atoms with Gasteiger partial charge in [-0.25, -0.2) is 4.79 Å². The predicted molar refractivity (Wildman–Crippen MR) is 102 cm³/mol. The van der Waals surface area contributed by atoms with Crippen molar-refractivity contribution in [1.82, 2.24) is 0 Å². The highest BCUT2D eigenvalue weighted by molar-refractivity contribution is 5.97. The quantitative estimate of drug-likeness (QED) is 0.597. The molecule has 2 aromatic carbocycles. The largest absolute Gasteiger partial charge is 0.482 e. The molecule has 1 atom stereocenters. The number of carbonyl (C=O) groups is 3. The second-order valence-corrected chi connectivity index (χ2v) is 6.31. The number of hydrogen-bond acceptors (Lipinski definition) is 5. The first-order valence-electron chi connectivity index (χ1n) is 8.57. The van der Waals surface area contributed by atoms with Gasteiger partial charge in [-0.1, -0.05) is 17.7 Å². The number of ether oxygens (including phenoxy) is 2. The van der Waals surface area contributed by atoms with E-state index in [0.717, 1.165) is 11.1 Å². The van der Waals surface area contributed by atoms with Crippen LogP contribution in [-0.2, 0) is 14.3 Å². The second kappa shape index (κ2) is 8.98. The molecule has 0 aliphatic heterocycles. The highest BCUT2D eigenvalue weighted by Gasteiger charge is 2.18. The summed E-state index contributed by atoms with van der Waals surface area (Å²) in [6, 6.07) is 12.1. The lowest BCUT2D eigenvalue weighted by atomic mass is 10.1. The van der Waals surface area contributed by atoms with E-state index in [9.17, 15) is 14.4 Å². The van der Waals surface area contributed by atoms with Gasteiger partial charge in [0.1, 0.15) is 5.75 Å². The van der Waals surface area contributed by atoms with Crippen molar-refractivity contribution in [3.05, 3.63) is 59.2 Å². The van der Waals surface area contributed by atoms with Crippen LogP contribution >= 0.6 is 0 Å². The third-order valence-electron chi connectivity index (χ3n) is 3.91. The molecule has 2 rings (SSSR count). The van der Waals surface area contributed by atoms with Crippen LogP contribution < -0.4 is 10.1 Å². The van der Waals surface area contributed by atoms with E-state index in [4.69, 9.17) is 9.47 Å². The van der Waals surface area contributed by atoms with Gasteiger partial charge in [0, 0.05) is 11.3 Å². The Morgan fingerprint density at radius 3 is 2.30 bits per heavy atom. The fraction of sp³-hybridized carbons (Fsp3) is 0.286. The Labute approximate surface area is 158 Å². The van der Waals surface area contributed by atoms with E-state index >= 15 is 0 Å². The summed E-state index contributed by atoms with van der Waals surface area (Å²) in [6.45, 7) is 6.53. The summed E-state index contributed by atoms with van der Waals surface area (Å²) in [5.41, 5.74) is 3.09. The minimum Gasteiger partial charge on any atom is -0.482 e. The van der Waals surface area contributed by atoms with Crippen LogP contribution in [0, 0.1) is 13.8 Å². The molecule has 6 heteroatoms. The lowest BCUT2D eigenvalue weighted by molar-refractivity contribution is -0.155. The van der Waals surface area contributed by atoms with Gasteiger partial charge in [0.25, 0.3) is 5.91 Å². The summed E-state index contributed by atoms with van der Waals surface area (Å²) in [4.78, 5) is 35.3. The molecular formula is C21H23NO5. The number of amides is 1. The first-order valence-corrected chi connectivity index (χ1v) is 8.57. The molecule has 0 saturated carbocycles. The van der Waals surface area contributed by atoms with Gasteiger partial charge in [0.15, 0.2) is 18.5 Å². The summed E-state index contributed by atoms with van der Waals surface area (Å²) in [5.74, 6) is -0.561. The Balaban J connectivity index is 1.84. The molecule has 27 heavy (non-hydrogen) atoms. The number of carbonyl (C=O) groups excluding carboxylic acids is 3. The molecule has 0 heterocycles. The van der Waals surface area contributed by atoms with E-state index in [-0.39, 0.29) is 12.4 Å². The van der Waals surface area contributed by atoms with E-state index < -0.39 is 18.0 Å². The zero-order valence-corrected chi connectivity index (χ0v) is 15.9. The molecule has 0 aromatic heterocycles. The van der Waals surface area contributed by atoms with Gasteiger partial charge in [0.2, 0.25) is 0 Å². The van der Waals surface area contributed by atoms with Crippen LogP contribution in [0.25, 0.3) is 0 Å². The molecule has 142 valence electrons. The number of rotatable bonds is 7. The standard InChI is InChI=1S/C21H23NO5/c1-13-5-10-19(14(2)11-13)26-12-20(24)27-16(4)21(25)22-18-8-6-17(7-9-18)15(3)23/h5-11,16H,12H2,1-4H3,(H,22,25)/t16-/m0/s1. The molecule has 1 N–H and O–H groups in total. The fourth-order valence-electron chi connectivity index (χ4n) is 2.41. The van der Waals surface area contributed by atoms with E-state index in [1.165, 1.54) is 13.8 Å². The van der Waals surface area contributed by atoms with E-state index in [1.807, 2.05) is 26.0 Å². The van der Waals surface area contributed by atoms with Crippen molar-refractivity contribution in [2.45, 2.75) is 33.8 Å². The van der Waals surface area contributed by atoms with Crippen LogP contribution in [0.15, 0.2) is 42.5 Å². The first-order chi connectivity index (χ1) is 12.8. The van der Waals surface area contributed by atoms with Crippen LogP contribution in [0.2, 0.25) is 0 Å². The van der Waals surface area contributed by atoms with Gasteiger partial charge in [-0.2, -0.15) is 0 Å². The van der Waals surface area contributed by atoms with Gasteiger partial charge in [-0.05, 0) is 63.6 Å². The molecule has 1 amide bonds. The van der Waals surface area contributed by atoms with E-state index in [1.54, 1.807) is 30.3 Å². The molecular weight excluding hydrogens is 346 g/mol. The normalized spacial score (nSPS) is 11.4. The smallest absolute Gasteiger partial charge is 0.344 e. The van der Waals surface area contributed by atoms with Crippen LogP contribution in [0.4, 0.5) is 5.69 Å². The molecule has 0 bridgehead atoms. The van der Waals surface area contributed by atoms with E-state index in [2.05, 4.69) is 5.32 Å². The van der Waals surface area contributed by atoms with Crippen molar-refractivity contribution in [2.75, 3.05) is 11.9 Å². The van der Waals surface area contributed by atoms with Gasteiger partial charge in [0.05, 0.1) is 0 Å². The van der Waals surface area contributed by atoms with Crippen molar-refractivity contribution in [1.29, 1.82) is 0 Å². The van der Waals surface area contributed by atoms with Crippen molar-refractivity contribution >= 4 is 23.3 Å². The predicted octanol–water partition coefficient (Wildman–Crippen LogP) is 3.46. The molecule has 0 aliphatic rings.